The van der Waals surface area contributed by atoms with E-state index in [4.69, 9.17) is 0 Å². The van der Waals surface area contributed by atoms with Gasteiger partial charge in [-0.05, 0) is 46.0 Å². The topological polar surface area (TPSA) is 93.9 Å². The number of hydrogen-bond acceptors (Lipinski definition) is 6. The van der Waals surface area contributed by atoms with E-state index in [1.165, 1.54) is 11.3 Å². The van der Waals surface area contributed by atoms with Crippen LogP contribution in [0.4, 0.5) is 5.13 Å². The zero-order valence-corrected chi connectivity index (χ0v) is 16.5. The van der Waals surface area contributed by atoms with Crippen LogP contribution in [0.5, 0.6) is 0 Å². The number of sulfone groups is 1. The third kappa shape index (κ3) is 3.18. The molecule has 3 heterocycles. The molecule has 0 spiro atoms. The highest BCUT2D eigenvalue weighted by Gasteiger charge is 2.34. The molecule has 2 aromatic rings. The fourth-order valence-electron chi connectivity index (χ4n) is 3.76. The number of hydrogen-bond donors (Lipinski definition) is 1. The minimum absolute atomic E-state index is 0.118. The lowest BCUT2D eigenvalue weighted by molar-refractivity contribution is 0.102. The summed E-state index contributed by atoms with van der Waals surface area (Å²) in [5.74, 6) is 0.0648. The van der Waals surface area contributed by atoms with Crippen molar-refractivity contribution in [1.82, 2.24) is 14.8 Å². The molecule has 2 aromatic heterocycles. The summed E-state index contributed by atoms with van der Waals surface area (Å²) in [6.07, 6.45) is 4.30. The van der Waals surface area contributed by atoms with Crippen LogP contribution in [0, 0.1) is 13.8 Å². The molecule has 0 aromatic carbocycles. The number of aromatic nitrogens is 3. The largest absolute Gasteiger partial charge is 0.296 e. The molecule has 1 atom stereocenters. The molecule has 26 heavy (non-hydrogen) atoms. The second kappa shape index (κ2) is 6.45. The van der Waals surface area contributed by atoms with Gasteiger partial charge in [0.15, 0.2) is 20.7 Å². The number of thiazole rings is 1. The van der Waals surface area contributed by atoms with Gasteiger partial charge < -0.3 is 0 Å². The van der Waals surface area contributed by atoms with Crippen LogP contribution >= 0.6 is 11.3 Å². The molecule has 7 nitrogen and oxygen atoms in total. The van der Waals surface area contributed by atoms with Crippen LogP contribution in [-0.4, -0.2) is 40.6 Å². The molecule has 4 rings (SSSR count). The Labute approximate surface area is 156 Å². The van der Waals surface area contributed by atoms with Crippen LogP contribution in [0.25, 0.3) is 0 Å². The van der Waals surface area contributed by atoms with Gasteiger partial charge in [0, 0.05) is 16.1 Å². The van der Waals surface area contributed by atoms with Gasteiger partial charge in [0.05, 0.1) is 23.2 Å². The first-order chi connectivity index (χ1) is 12.3. The SMILES string of the molecule is Cc1nc(NC(=O)c2nn(C3CCS(=O)(=O)C3)c3c2CCCC3)sc1C. The molecule has 0 radical (unpaired) electrons. The van der Waals surface area contributed by atoms with Crippen molar-refractivity contribution >= 4 is 32.2 Å². The van der Waals surface area contributed by atoms with Gasteiger partial charge in [0.2, 0.25) is 0 Å². The number of rotatable bonds is 3. The monoisotopic (exact) mass is 394 g/mol. The van der Waals surface area contributed by atoms with Gasteiger partial charge in [-0.15, -0.1) is 11.3 Å². The number of nitrogens with zero attached hydrogens (tertiary/aromatic N) is 3. The maximum Gasteiger partial charge on any atom is 0.278 e. The Kier molecular flexibility index (Phi) is 4.38. The van der Waals surface area contributed by atoms with Crippen molar-refractivity contribution in [2.45, 2.75) is 52.0 Å². The molecule has 140 valence electrons. The Hall–Kier alpha value is -1.74. The minimum Gasteiger partial charge on any atom is -0.296 e. The number of anilines is 1. The first-order valence-electron chi connectivity index (χ1n) is 8.90. The van der Waals surface area contributed by atoms with Crippen molar-refractivity contribution < 1.29 is 13.2 Å². The van der Waals surface area contributed by atoms with E-state index in [0.717, 1.165) is 47.5 Å². The summed E-state index contributed by atoms with van der Waals surface area (Å²) in [7, 11) is -3.00. The Morgan fingerprint density at radius 2 is 2.04 bits per heavy atom. The predicted molar refractivity (Wildman–Crippen MR) is 101 cm³/mol. The highest BCUT2D eigenvalue weighted by Crippen LogP contribution is 2.32. The van der Waals surface area contributed by atoms with Crippen molar-refractivity contribution in [3.8, 4) is 0 Å². The lowest BCUT2D eigenvalue weighted by Gasteiger charge is -2.17. The molecule has 0 bridgehead atoms. The van der Waals surface area contributed by atoms with E-state index in [1.807, 2.05) is 18.5 Å². The molecule has 0 saturated carbocycles. The standard InChI is InChI=1S/C17H22N4O3S2/c1-10-11(2)25-17(18-10)19-16(22)15-13-5-3-4-6-14(13)21(20-15)12-7-8-26(23,24)9-12/h12H,3-9H2,1-2H3,(H,18,19,22). The zero-order valence-electron chi connectivity index (χ0n) is 14.9. The van der Waals surface area contributed by atoms with Crippen LogP contribution in [-0.2, 0) is 22.7 Å². The predicted octanol–water partition coefficient (Wildman–Crippen LogP) is 2.45. The minimum atomic E-state index is -3.00. The van der Waals surface area contributed by atoms with Crippen molar-refractivity contribution in [2.75, 3.05) is 16.8 Å². The van der Waals surface area contributed by atoms with Crippen molar-refractivity contribution in [1.29, 1.82) is 0 Å². The highest BCUT2D eigenvalue weighted by molar-refractivity contribution is 7.91. The summed E-state index contributed by atoms with van der Waals surface area (Å²) in [5, 5.41) is 8.02. The van der Waals surface area contributed by atoms with Crippen LogP contribution in [0.2, 0.25) is 0 Å². The fraction of sp³-hybridized carbons (Fsp3) is 0.588. The molecule has 1 fully saturated rings. The van der Waals surface area contributed by atoms with Crippen LogP contribution in [0.1, 0.15) is 57.6 Å². The number of nitrogens with one attached hydrogen (secondary N) is 1. The Morgan fingerprint density at radius 1 is 1.27 bits per heavy atom. The third-order valence-corrected chi connectivity index (χ3v) is 7.97. The summed E-state index contributed by atoms with van der Waals surface area (Å²) >= 11 is 1.45. The summed E-state index contributed by atoms with van der Waals surface area (Å²) in [6, 6.07) is -0.155. The lowest BCUT2D eigenvalue weighted by Crippen LogP contribution is -2.17. The number of carbonyl (C=O) groups excluding carboxylic acids is 1. The normalized spacial score (nSPS) is 21.5. The van der Waals surface area contributed by atoms with Gasteiger partial charge in [-0.3, -0.25) is 14.8 Å². The molecule has 1 unspecified atom stereocenters. The van der Waals surface area contributed by atoms with Gasteiger partial charge in [0.1, 0.15) is 0 Å². The quantitative estimate of drug-likeness (QED) is 0.863. The first kappa shape index (κ1) is 17.7. The van der Waals surface area contributed by atoms with E-state index in [2.05, 4.69) is 15.4 Å². The maximum atomic E-state index is 12.8. The van der Waals surface area contributed by atoms with Crippen molar-refractivity contribution in [2.24, 2.45) is 0 Å². The second-order valence-electron chi connectivity index (χ2n) is 7.10. The summed E-state index contributed by atoms with van der Waals surface area (Å²) in [5.41, 5.74) is 3.35. The van der Waals surface area contributed by atoms with E-state index < -0.39 is 9.84 Å². The summed E-state index contributed by atoms with van der Waals surface area (Å²) < 4.78 is 25.6. The number of aryl methyl sites for hydroxylation is 2. The molecule has 1 aliphatic carbocycles. The van der Waals surface area contributed by atoms with Crippen LogP contribution in [0.3, 0.4) is 0 Å². The number of fused-ring (bicyclic) bond motifs is 1. The van der Waals surface area contributed by atoms with Gasteiger partial charge in [0.25, 0.3) is 5.91 Å². The van der Waals surface area contributed by atoms with Gasteiger partial charge in [-0.2, -0.15) is 5.10 Å². The smallest absolute Gasteiger partial charge is 0.278 e. The molecule has 2 aliphatic rings. The van der Waals surface area contributed by atoms with E-state index in [1.54, 1.807) is 0 Å². The third-order valence-electron chi connectivity index (χ3n) is 5.23. The van der Waals surface area contributed by atoms with Crippen LogP contribution in [0.15, 0.2) is 0 Å². The first-order valence-corrected chi connectivity index (χ1v) is 11.5. The Bertz CT molecular complexity index is 955. The number of carbonyl (C=O) groups is 1. The molecule has 1 aliphatic heterocycles. The van der Waals surface area contributed by atoms with E-state index in [-0.39, 0.29) is 23.5 Å². The van der Waals surface area contributed by atoms with Crippen molar-refractivity contribution in [3.63, 3.8) is 0 Å². The molecule has 1 saturated heterocycles. The molecule has 1 N–H and O–H groups in total. The molecule has 1 amide bonds. The van der Waals surface area contributed by atoms with Gasteiger partial charge in [-0.1, -0.05) is 0 Å². The fourth-order valence-corrected chi connectivity index (χ4v) is 6.26. The van der Waals surface area contributed by atoms with Gasteiger partial charge in [-0.25, -0.2) is 13.4 Å². The average Bonchev–Trinajstić information content (AvgIpc) is 3.23. The molecule has 9 heteroatoms. The second-order valence-corrected chi connectivity index (χ2v) is 10.5. The Balaban J connectivity index is 1.66. The molecular formula is C17H22N4O3S2. The summed E-state index contributed by atoms with van der Waals surface area (Å²) in [4.78, 5) is 18.3. The Morgan fingerprint density at radius 3 is 2.69 bits per heavy atom. The van der Waals surface area contributed by atoms with Crippen molar-refractivity contribution in [3.05, 3.63) is 27.5 Å². The van der Waals surface area contributed by atoms with E-state index in [9.17, 15) is 13.2 Å². The van der Waals surface area contributed by atoms with E-state index in [0.29, 0.717) is 17.2 Å². The summed E-state index contributed by atoms with van der Waals surface area (Å²) in [6.45, 7) is 3.89. The molecular weight excluding hydrogens is 372 g/mol. The number of amides is 1. The van der Waals surface area contributed by atoms with Crippen LogP contribution < -0.4 is 5.32 Å². The van der Waals surface area contributed by atoms with E-state index >= 15 is 0 Å². The lowest BCUT2D eigenvalue weighted by atomic mass is 9.95. The maximum absolute atomic E-state index is 12.8. The zero-order chi connectivity index (χ0) is 18.5. The van der Waals surface area contributed by atoms with Gasteiger partial charge >= 0.3 is 0 Å². The average molecular weight is 395 g/mol. The highest BCUT2D eigenvalue weighted by atomic mass is 32.2.